The van der Waals surface area contributed by atoms with E-state index in [1.54, 1.807) is 0 Å². The van der Waals surface area contributed by atoms with Gasteiger partial charge in [0.15, 0.2) is 0 Å². The van der Waals surface area contributed by atoms with Gasteiger partial charge in [-0.3, -0.25) is 19.3 Å². The lowest BCUT2D eigenvalue weighted by Crippen LogP contribution is -2.44. The fraction of sp³-hybridized carbons (Fsp3) is 0.706. The highest BCUT2D eigenvalue weighted by atomic mass is 16.2. The maximum atomic E-state index is 12.2. The summed E-state index contributed by atoms with van der Waals surface area (Å²) < 4.78 is 0. The van der Waals surface area contributed by atoms with Gasteiger partial charge in [-0.15, -0.1) is 0 Å². The average molecular weight is 319 g/mol. The Kier molecular flexibility index (Phi) is 5.10. The van der Waals surface area contributed by atoms with Crippen LogP contribution in [-0.2, 0) is 14.4 Å². The molecule has 3 amide bonds. The van der Waals surface area contributed by atoms with Crippen LogP contribution in [0.15, 0.2) is 12.2 Å². The van der Waals surface area contributed by atoms with Crippen molar-refractivity contribution in [2.75, 3.05) is 26.2 Å². The highest BCUT2D eigenvalue weighted by Gasteiger charge is 2.31. The van der Waals surface area contributed by atoms with E-state index in [-0.39, 0.29) is 23.6 Å². The van der Waals surface area contributed by atoms with Gasteiger partial charge < -0.3 is 10.6 Å². The van der Waals surface area contributed by atoms with Gasteiger partial charge in [0.05, 0.1) is 0 Å². The third-order valence-electron chi connectivity index (χ3n) is 5.28. The minimum Gasteiger partial charge on any atom is -0.356 e. The smallest absolute Gasteiger partial charge is 0.253 e. The predicted octanol–water partition coefficient (Wildman–Crippen LogP) is 0.443. The van der Waals surface area contributed by atoms with Crippen LogP contribution in [0.1, 0.15) is 32.1 Å². The van der Waals surface area contributed by atoms with E-state index < -0.39 is 0 Å². The second-order valence-corrected chi connectivity index (χ2v) is 6.94. The Bertz CT molecular complexity index is 487. The molecule has 1 saturated carbocycles. The Morgan fingerprint density at radius 2 is 1.74 bits per heavy atom. The van der Waals surface area contributed by atoms with E-state index in [1.807, 2.05) is 0 Å². The number of amides is 3. The molecule has 0 aromatic carbocycles. The van der Waals surface area contributed by atoms with Crippen molar-refractivity contribution < 1.29 is 14.4 Å². The number of hydrogen-bond acceptors (Lipinski definition) is 4. The lowest BCUT2D eigenvalue weighted by atomic mass is 9.81. The van der Waals surface area contributed by atoms with Gasteiger partial charge in [0.1, 0.15) is 0 Å². The van der Waals surface area contributed by atoms with Gasteiger partial charge in [-0.25, -0.2) is 0 Å². The number of nitrogens with zero attached hydrogens (tertiary/aromatic N) is 1. The van der Waals surface area contributed by atoms with Crippen molar-refractivity contribution in [1.29, 1.82) is 0 Å². The SMILES string of the molecule is O=C(NCCC1CNC1)C1CCC(CN2C(=O)C=CC2=O)CC1. The Morgan fingerprint density at radius 3 is 2.30 bits per heavy atom. The molecule has 2 fully saturated rings. The van der Waals surface area contributed by atoms with Crippen LogP contribution in [0.4, 0.5) is 0 Å². The summed E-state index contributed by atoms with van der Waals surface area (Å²) in [6, 6.07) is 0. The van der Waals surface area contributed by atoms with Crippen LogP contribution in [0.2, 0.25) is 0 Å². The monoisotopic (exact) mass is 319 g/mol. The maximum Gasteiger partial charge on any atom is 0.253 e. The van der Waals surface area contributed by atoms with E-state index in [4.69, 9.17) is 0 Å². The normalized spacial score (nSPS) is 28.1. The zero-order chi connectivity index (χ0) is 16.2. The van der Waals surface area contributed by atoms with Gasteiger partial charge in [-0.2, -0.15) is 0 Å². The van der Waals surface area contributed by atoms with Crippen LogP contribution in [0.5, 0.6) is 0 Å². The van der Waals surface area contributed by atoms with Crippen LogP contribution in [0, 0.1) is 17.8 Å². The fourth-order valence-electron chi connectivity index (χ4n) is 3.57. The van der Waals surface area contributed by atoms with Crippen molar-refractivity contribution in [3.8, 4) is 0 Å². The first kappa shape index (κ1) is 16.2. The minimum atomic E-state index is -0.208. The molecule has 6 nitrogen and oxygen atoms in total. The Labute approximate surface area is 136 Å². The zero-order valence-electron chi connectivity index (χ0n) is 13.4. The molecule has 126 valence electrons. The first-order chi connectivity index (χ1) is 11.1. The molecule has 2 N–H and O–H groups in total. The summed E-state index contributed by atoms with van der Waals surface area (Å²) >= 11 is 0. The van der Waals surface area contributed by atoms with Crippen molar-refractivity contribution in [2.24, 2.45) is 17.8 Å². The summed E-state index contributed by atoms with van der Waals surface area (Å²) in [4.78, 5) is 36.7. The molecule has 6 heteroatoms. The third kappa shape index (κ3) is 3.99. The van der Waals surface area contributed by atoms with E-state index in [0.29, 0.717) is 12.5 Å². The van der Waals surface area contributed by atoms with E-state index in [1.165, 1.54) is 17.1 Å². The molecule has 0 aromatic heterocycles. The quantitative estimate of drug-likeness (QED) is 0.697. The van der Waals surface area contributed by atoms with Crippen molar-refractivity contribution >= 4 is 17.7 Å². The second kappa shape index (κ2) is 7.25. The first-order valence-corrected chi connectivity index (χ1v) is 8.65. The van der Waals surface area contributed by atoms with Crippen LogP contribution in [0.3, 0.4) is 0 Å². The number of hydrogen-bond donors (Lipinski definition) is 2. The van der Waals surface area contributed by atoms with Crippen LogP contribution >= 0.6 is 0 Å². The summed E-state index contributed by atoms with van der Waals surface area (Å²) in [5.74, 6) is 0.892. The van der Waals surface area contributed by atoms with E-state index in [9.17, 15) is 14.4 Å². The molecular formula is C17H25N3O3. The lowest BCUT2D eigenvalue weighted by Gasteiger charge is -2.30. The molecule has 1 aliphatic carbocycles. The van der Waals surface area contributed by atoms with Crippen LogP contribution in [0.25, 0.3) is 0 Å². The van der Waals surface area contributed by atoms with Crippen molar-refractivity contribution in [3.05, 3.63) is 12.2 Å². The minimum absolute atomic E-state index is 0.0915. The highest BCUT2D eigenvalue weighted by Crippen LogP contribution is 2.30. The molecule has 2 aliphatic heterocycles. The summed E-state index contributed by atoms with van der Waals surface area (Å²) in [5.41, 5.74) is 0. The Morgan fingerprint density at radius 1 is 1.09 bits per heavy atom. The summed E-state index contributed by atoms with van der Waals surface area (Å²) in [6.07, 6.45) is 7.23. The molecule has 0 bridgehead atoms. The molecule has 0 spiro atoms. The molecular weight excluding hydrogens is 294 g/mol. The zero-order valence-corrected chi connectivity index (χ0v) is 13.4. The van der Waals surface area contributed by atoms with E-state index in [0.717, 1.165) is 57.7 Å². The molecule has 3 aliphatic rings. The molecule has 0 aromatic rings. The van der Waals surface area contributed by atoms with Gasteiger partial charge >= 0.3 is 0 Å². The molecule has 23 heavy (non-hydrogen) atoms. The Hall–Kier alpha value is -1.69. The van der Waals surface area contributed by atoms with E-state index in [2.05, 4.69) is 10.6 Å². The molecule has 0 unspecified atom stereocenters. The van der Waals surface area contributed by atoms with Gasteiger partial charge in [0.2, 0.25) is 5.91 Å². The third-order valence-corrected chi connectivity index (χ3v) is 5.28. The van der Waals surface area contributed by atoms with Gasteiger partial charge in [0.25, 0.3) is 11.8 Å². The maximum absolute atomic E-state index is 12.2. The number of carbonyl (C=O) groups excluding carboxylic acids is 3. The number of nitrogens with one attached hydrogen (secondary N) is 2. The molecule has 1 saturated heterocycles. The standard InChI is InChI=1S/C17H25N3O3/c21-15-5-6-16(22)20(15)11-12-1-3-14(4-2-12)17(23)19-8-7-13-9-18-10-13/h5-6,12-14,18H,1-4,7-11H2,(H,19,23). The van der Waals surface area contributed by atoms with Crippen molar-refractivity contribution in [1.82, 2.24) is 15.5 Å². The second-order valence-electron chi connectivity index (χ2n) is 6.94. The van der Waals surface area contributed by atoms with E-state index >= 15 is 0 Å². The Balaban J connectivity index is 1.35. The summed E-state index contributed by atoms with van der Waals surface area (Å²) in [6.45, 7) is 3.41. The lowest BCUT2D eigenvalue weighted by molar-refractivity contribution is -0.138. The van der Waals surface area contributed by atoms with Gasteiger partial charge in [-0.1, -0.05) is 0 Å². The predicted molar refractivity (Wildman–Crippen MR) is 85.3 cm³/mol. The summed E-state index contributed by atoms with van der Waals surface area (Å²) in [5, 5.41) is 6.29. The van der Waals surface area contributed by atoms with Crippen LogP contribution < -0.4 is 10.6 Å². The number of imide groups is 1. The molecule has 3 rings (SSSR count). The number of rotatable bonds is 6. The van der Waals surface area contributed by atoms with Crippen LogP contribution in [-0.4, -0.2) is 48.8 Å². The molecule has 0 radical (unpaired) electrons. The largest absolute Gasteiger partial charge is 0.356 e. The molecule has 0 atom stereocenters. The van der Waals surface area contributed by atoms with Gasteiger partial charge in [-0.05, 0) is 57.0 Å². The fourth-order valence-corrected chi connectivity index (χ4v) is 3.57. The van der Waals surface area contributed by atoms with Crippen molar-refractivity contribution in [2.45, 2.75) is 32.1 Å². The number of carbonyl (C=O) groups is 3. The highest BCUT2D eigenvalue weighted by molar-refractivity contribution is 6.12. The topological polar surface area (TPSA) is 78.5 Å². The average Bonchev–Trinajstić information content (AvgIpc) is 2.82. The van der Waals surface area contributed by atoms with Gasteiger partial charge in [0, 0.05) is 31.2 Å². The summed E-state index contributed by atoms with van der Waals surface area (Å²) in [7, 11) is 0. The van der Waals surface area contributed by atoms with Crippen molar-refractivity contribution in [3.63, 3.8) is 0 Å². The molecule has 2 heterocycles. The first-order valence-electron chi connectivity index (χ1n) is 8.65.